The van der Waals surface area contributed by atoms with Crippen molar-refractivity contribution in [3.05, 3.63) is 56.5 Å². The fourth-order valence-corrected chi connectivity index (χ4v) is 2.54. The van der Waals surface area contributed by atoms with E-state index in [-0.39, 0.29) is 0 Å². The van der Waals surface area contributed by atoms with Crippen LogP contribution in [0.3, 0.4) is 0 Å². The molecule has 0 radical (unpaired) electrons. The summed E-state index contributed by atoms with van der Waals surface area (Å²) < 4.78 is 1.92. The first kappa shape index (κ1) is 13.1. The van der Waals surface area contributed by atoms with Crippen molar-refractivity contribution < 1.29 is 0 Å². The maximum atomic E-state index is 9.08. The van der Waals surface area contributed by atoms with Gasteiger partial charge in [-0.15, -0.1) is 0 Å². The Kier molecular flexibility index (Phi) is 4.05. The molecule has 0 atom stereocenters. The average Bonchev–Trinajstić information content (AvgIpc) is 2.33. The second-order valence-electron chi connectivity index (χ2n) is 3.91. The molecule has 18 heavy (non-hydrogen) atoms. The van der Waals surface area contributed by atoms with Gasteiger partial charge in [0.15, 0.2) is 0 Å². The Morgan fingerprint density at radius 3 is 2.50 bits per heavy atom. The fraction of sp³-hybridized carbons (Fsp3) is 0.0714. The highest BCUT2D eigenvalue weighted by Crippen LogP contribution is 2.29. The van der Waals surface area contributed by atoms with E-state index in [9.17, 15) is 0 Å². The average molecular weight is 366 g/mol. The molecule has 0 aromatic heterocycles. The van der Waals surface area contributed by atoms with Gasteiger partial charge >= 0.3 is 0 Å². The summed E-state index contributed by atoms with van der Waals surface area (Å²) in [6.45, 7) is 2.04. The Morgan fingerprint density at radius 2 is 1.83 bits per heavy atom. The fourth-order valence-electron chi connectivity index (χ4n) is 1.58. The normalized spacial score (nSPS) is 9.89. The summed E-state index contributed by atoms with van der Waals surface area (Å²) in [7, 11) is 0. The lowest BCUT2D eigenvalue weighted by Gasteiger charge is -2.11. The number of hydrogen-bond acceptors (Lipinski definition) is 2. The van der Waals surface area contributed by atoms with E-state index in [2.05, 4.69) is 43.2 Å². The third-order valence-electron chi connectivity index (χ3n) is 2.50. The van der Waals surface area contributed by atoms with Crippen LogP contribution >= 0.6 is 31.9 Å². The summed E-state index contributed by atoms with van der Waals surface area (Å²) in [5.41, 5.74) is 3.53. The van der Waals surface area contributed by atoms with Gasteiger partial charge in [0.05, 0.1) is 16.9 Å². The summed E-state index contributed by atoms with van der Waals surface area (Å²) in [6, 6.07) is 13.8. The Labute approximate surface area is 123 Å². The van der Waals surface area contributed by atoms with E-state index in [0.717, 1.165) is 20.3 Å². The number of nitrogens with zero attached hydrogens (tertiary/aromatic N) is 1. The monoisotopic (exact) mass is 364 g/mol. The van der Waals surface area contributed by atoms with Crippen LogP contribution in [0.4, 0.5) is 11.4 Å². The first-order valence-electron chi connectivity index (χ1n) is 5.33. The van der Waals surface area contributed by atoms with Crippen LogP contribution in [0.25, 0.3) is 0 Å². The van der Waals surface area contributed by atoms with Gasteiger partial charge in [0.2, 0.25) is 0 Å². The summed E-state index contributed by atoms with van der Waals surface area (Å²) in [4.78, 5) is 0. The largest absolute Gasteiger partial charge is 0.353 e. The molecule has 0 aliphatic heterocycles. The molecule has 90 valence electrons. The zero-order valence-corrected chi connectivity index (χ0v) is 12.8. The molecule has 0 saturated heterocycles. The van der Waals surface area contributed by atoms with Crippen molar-refractivity contribution in [1.29, 1.82) is 5.26 Å². The zero-order valence-electron chi connectivity index (χ0n) is 9.67. The minimum atomic E-state index is 0.616. The Morgan fingerprint density at radius 1 is 1.06 bits per heavy atom. The molecule has 0 bridgehead atoms. The number of nitrogens with one attached hydrogen (secondary N) is 1. The van der Waals surface area contributed by atoms with Crippen LogP contribution in [0.2, 0.25) is 0 Å². The van der Waals surface area contributed by atoms with E-state index < -0.39 is 0 Å². The highest BCUT2D eigenvalue weighted by Gasteiger charge is 2.05. The standard InChI is InChI=1S/C14H10Br2N2/c1-9-2-5-13(12(16)6-9)18-14-7-11(15)4-3-10(14)8-17/h2-7,18H,1H3. The molecule has 0 aliphatic carbocycles. The number of aryl methyl sites for hydroxylation is 1. The first-order valence-corrected chi connectivity index (χ1v) is 6.91. The van der Waals surface area contributed by atoms with Gasteiger partial charge in [0.25, 0.3) is 0 Å². The molecule has 0 unspecified atom stereocenters. The topological polar surface area (TPSA) is 35.8 Å². The van der Waals surface area contributed by atoms with E-state index in [1.54, 1.807) is 6.07 Å². The molecule has 0 fully saturated rings. The van der Waals surface area contributed by atoms with Crippen molar-refractivity contribution in [3.8, 4) is 6.07 Å². The molecule has 2 aromatic carbocycles. The number of benzene rings is 2. The van der Waals surface area contributed by atoms with Gasteiger partial charge in [-0.2, -0.15) is 5.26 Å². The summed E-state index contributed by atoms with van der Waals surface area (Å²) in [6.07, 6.45) is 0. The summed E-state index contributed by atoms with van der Waals surface area (Å²) >= 11 is 6.92. The molecule has 0 amide bonds. The van der Waals surface area contributed by atoms with Crippen LogP contribution in [0.1, 0.15) is 11.1 Å². The zero-order chi connectivity index (χ0) is 13.1. The lowest BCUT2D eigenvalue weighted by atomic mass is 10.1. The predicted octanol–water partition coefficient (Wildman–Crippen LogP) is 5.14. The van der Waals surface area contributed by atoms with Crippen molar-refractivity contribution >= 4 is 43.2 Å². The molecular formula is C14H10Br2N2. The smallest absolute Gasteiger partial charge is 0.101 e. The van der Waals surface area contributed by atoms with E-state index in [0.29, 0.717) is 5.56 Å². The molecule has 0 heterocycles. The van der Waals surface area contributed by atoms with E-state index >= 15 is 0 Å². The second-order valence-corrected chi connectivity index (χ2v) is 5.68. The van der Waals surface area contributed by atoms with Gasteiger partial charge in [-0.25, -0.2) is 0 Å². The molecular weight excluding hydrogens is 356 g/mol. The van der Waals surface area contributed by atoms with Crippen molar-refractivity contribution in [2.75, 3.05) is 5.32 Å². The second kappa shape index (κ2) is 5.55. The molecule has 1 N–H and O–H groups in total. The predicted molar refractivity (Wildman–Crippen MR) is 81.0 cm³/mol. The van der Waals surface area contributed by atoms with E-state index in [1.165, 1.54) is 5.56 Å². The first-order chi connectivity index (χ1) is 8.60. The minimum absolute atomic E-state index is 0.616. The minimum Gasteiger partial charge on any atom is -0.353 e. The van der Waals surface area contributed by atoms with E-state index in [4.69, 9.17) is 5.26 Å². The van der Waals surface area contributed by atoms with Gasteiger partial charge in [-0.05, 0) is 58.7 Å². The third kappa shape index (κ3) is 2.92. The van der Waals surface area contributed by atoms with Gasteiger partial charge in [-0.3, -0.25) is 0 Å². The van der Waals surface area contributed by atoms with Crippen molar-refractivity contribution in [3.63, 3.8) is 0 Å². The molecule has 2 rings (SSSR count). The maximum Gasteiger partial charge on any atom is 0.101 e. The number of halogens is 2. The Hall–Kier alpha value is -1.31. The third-order valence-corrected chi connectivity index (χ3v) is 3.65. The van der Waals surface area contributed by atoms with E-state index in [1.807, 2.05) is 37.3 Å². The van der Waals surface area contributed by atoms with Gasteiger partial charge < -0.3 is 5.32 Å². The summed E-state index contributed by atoms with van der Waals surface area (Å²) in [5.74, 6) is 0. The highest BCUT2D eigenvalue weighted by atomic mass is 79.9. The van der Waals surface area contributed by atoms with Crippen LogP contribution in [-0.4, -0.2) is 0 Å². The molecule has 0 spiro atoms. The van der Waals surface area contributed by atoms with Crippen molar-refractivity contribution in [2.24, 2.45) is 0 Å². The lowest BCUT2D eigenvalue weighted by molar-refractivity contribution is 1.41. The quantitative estimate of drug-likeness (QED) is 0.800. The van der Waals surface area contributed by atoms with Gasteiger partial charge in [0, 0.05) is 8.95 Å². The summed E-state index contributed by atoms with van der Waals surface area (Å²) in [5, 5.41) is 12.3. The van der Waals surface area contributed by atoms with Gasteiger partial charge in [0.1, 0.15) is 6.07 Å². The van der Waals surface area contributed by atoms with Crippen LogP contribution in [-0.2, 0) is 0 Å². The van der Waals surface area contributed by atoms with Crippen LogP contribution in [0, 0.1) is 18.3 Å². The van der Waals surface area contributed by atoms with Crippen molar-refractivity contribution in [2.45, 2.75) is 6.92 Å². The SMILES string of the molecule is Cc1ccc(Nc2cc(Br)ccc2C#N)c(Br)c1. The Balaban J connectivity index is 2.40. The molecule has 2 nitrogen and oxygen atoms in total. The Bertz CT molecular complexity index is 630. The molecule has 2 aromatic rings. The molecule has 4 heteroatoms. The van der Waals surface area contributed by atoms with Crippen LogP contribution in [0.15, 0.2) is 45.3 Å². The maximum absolute atomic E-state index is 9.08. The lowest BCUT2D eigenvalue weighted by Crippen LogP contribution is -1.95. The van der Waals surface area contributed by atoms with Crippen LogP contribution in [0.5, 0.6) is 0 Å². The van der Waals surface area contributed by atoms with Gasteiger partial charge in [-0.1, -0.05) is 22.0 Å². The number of hydrogen-bond donors (Lipinski definition) is 1. The number of rotatable bonds is 2. The van der Waals surface area contributed by atoms with Crippen molar-refractivity contribution in [1.82, 2.24) is 0 Å². The number of nitriles is 1. The van der Waals surface area contributed by atoms with Crippen LogP contribution < -0.4 is 5.32 Å². The number of anilines is 2. The molecule has 0 aliphatic rings. The molecule has 0 saturated carbocycles. The highest BCUT2D eigenvalue weighted by molar-refractivity contribution is 9.10.